The highest BCUT2D eigenvalue weighted by atomic mass is 16.3. The molecule has 3 rings (SSSR count). The number of rotatable bonds is 10. The van der Waals surface area contributed by atoms with Gasteiger partial charge in [-0.2, -0.15) is 0 Å². The van der Waals surface area contributed by atoms with E-state index in [4.69, 9.17) is 5.11 Å². The number of carbonyl (C=O) groups is 1. The lowest BCUT2D eigenvalue weighted by atomic mass is 9.51. The first-order valence-corrected chi connectivity index (χ1v) is 10.7. The molecule has 3 fully saturated rings. The maximum absolute atomic E-state index is 12.2. The van der Waals surface area contributed by atoms with Gasteiger partial charge in [0.15, 0.2) is 0 Å². The summed E-state index contributed by atoms with van der Waals surface area (Å²) >= 11 is 0. The lowest BCUT2D eigenvalue weighted by molar-refractivity contribution is -0.121. The highest BCUT2D eigenvalue weighted by Gasteiger charge is 2.49. The molecule has 0 aromatic carbocycles. The summed E-state index contributed by atoms with van der Waals surface area (Å²) in [5.74, 6) is 0.317. The summed E-state index contributed by atoms with van der Waals surface area (Å²) in [5, 5.41) is 29.5. The Morgan fingerprint density at radius 3 is 2.46 bits per heavy atom. The Kier molecular flexibility index (Phi) is 6.92. The minimum absolute atomic E-state index is 0.0920. The highest BCUT2D eigenvalue weighted by Crippen LogP contribution is 2.59. The first-order valence-electron chi connectivity index (χ1n) is 10.7. The third kappa shape index (κ3) is 4.58. The van der Waals surface area contributed by atoms with Gasteiger partial charge in [-0.1, -0.05) is 44.3 Å². The lowest BCUT2D eigenvalue weighted by Gasteiger charge is -2.55. The summed E-state index contributed by atoms with van der Waals surface area (Å²) in [6, 6.07) is 0. The zero-order chi connectivity index (χ0) is 18.6. The van der Waals surface area contributed by atoms with Crippen molar-refractivity contribution in [3.8, 4) is 0 Å². The second kappa shape index (κ2) is 8.99. The summed E-state index contributed by atoms with van der Waals surface area (Å²) in [7, 11) is 0. The predicted octanol–water partition coefficient (Wildman–Crippen LogP) is 3.38. The van der Waals surface area contributed by atoms with E-state index in [1.165, 1.54) is 19.3 Å². The minimum atomic E-state index is -0.593. The second-order valence-electron chi connectivity index (χ2n) is 9.10. The van der Waals surface area contributed by atoms with Crippen molar-refractivity contribution in [3.05, 3.63) is 12.2 Å². The van der Waals surface area contributed by atoms with E-state index in [0.717, 1.165) is 51.4 Å². The number of Topliss-reactive ketones (excluding diaryl/α,β-unsaturated/α-hetero) is 1. The summed E-state index contributed by atoms with van der Waals surface area (Å²) in [5.41, 5.74) is 0.556. The molecule has 3 N–H and O–H groups in total. The van der Waals surface area contributed by atoms with Gasteiger partial charge in [0.25, 0.3) is 0 Å². The Morgan fingerprint density at radius 2 is 1.81 bits per heavy atom. The summed E-state index contributed by atoms with van der Waals surface area (Å²) in [4.78, 5) is 12.2. The van der Waals surface area contributed by atoms with Crippen molar-refractivity contribution in [2.45, 2.75) is 89.3 Å². The van der Waals surface area contributed by atoms with Crippen molar-refractivity contribution in [3.63, 3.8) is 0 Å². The number of aliphatic hydroxyl groups excluding tert-OH is 3. The minimum Gasteiger partial charge on any atom is -0.396 e. The van der Waals surface area contributed by atoms with E-state index < -0.39 is 12.2 Å². The van der Waals surface area contributed by atoms with Crippen LogP contribution in [0, 0.1) is 23.2 Å². The Labute approximate surface area is 157 Å². The van der Waals surface area contributed by atoms with Crippen LogP contribution in [0.25, 0.3) is 0 Å². The van der Waals surface area contributed by atoms with Crippen LogP contribution in [0.5, 0.6) is 0 Å². The SMILES string of the molecule is O=C1C[C@@H](O)[C@H](/C=C/[C@H](O)C2CC3(CCC3)C2)[C@H]1CCCCCCCO. The van der Waals surface area contributed by atoms with E-state index in [1.54, 1.807) is 0 Å². The van der Waals surface area contributed by atoms with Crippen molar-refractivity contribution in [1.82, 2.24) is 0 Å². The molecule has 1 spiro atoms. The third-order valence-electron chi connectivity index (χ3n) is 7.22. The largest absolute Gasteiger partial charge is 0.396 e. The average Bonchev–Trinajstić information content (AvgIpc) is 2.79. The van der Waals surface area contributed by atoms with E-state index in [2.05, 4.69) is 0 Å². The Balaban J connectivity index is 1.44. The lowest BCUT2D eigenvalue weighted by Crippen LogP contribution is -2.46. The molecule has 0 radical (unpaired) electrons. The normalized spacial score (nSPS) is 32.1. The molecule has 0 amide bonds. The molecule has 148 valence electrons. The van der Waals surface area contributed by atoms with Crippen LogP contribution in [-0.2, 0) is 4.79 Å². The van der Waals surface area contributed by atoms with Gasteiger partial charge in [0.2, 0.25) is 0 Å². The maximum atomic E-state index is 12.2. The fourth-order valence-corrected chi connectivity index (χ4v) is 5.38. The maximum Gasteiger partial charge on any atom is 0.139 e. The standard InChI is InChI=1S/C22H36O4/c23-12-5-3-1-2-4-7-17-18(21(26)13-20(17)25)8-9-19(24)16-14-22(15-16)10-6-11-22/h8-9,16-19,21,23-24,26H,1-7,10-15H2/b9-8+/t17-,18-,19+,21-/m1/s1. The molecule has 3 aliphatic rings. The van der Waals surface area contributed by atoms with Gasteiger partial charge < -0.3 is 15.3 Å². The molecule has 0 unspecified atom stereocenters. The van der Waals surface area contributed by atoms with Crippen LogP contribution in [-0.4, -0.2) is 39.9 Å². The smallest absolute Gasteiger partial charge is 0.139 e. The molecule has 4 nitrogen and oxygen atoms in total. The number of hydrogen-bond acceptors (Lipinski definition) is 4. The van der Waals surface area contributed by atoms with Crippen LogP contribution in [0.3, 0.4) is 0 Å². The summed E-state index contributed by atoms with van der Waals surface area (Å²) < 4.78 is 0. The van der Waals surface area contributed by atoms with E-state index in [0.29, 0.717) is 11.3 Å². The zero-order valence-electron chi connectivity index (χ0n) is 16.0. The Bertz CT molecular complexity index is 488. The van der Waals surface area contributed by atoms with Crippen molar-refractivity contribution in [2.75, 3.05) is 6.61 Å². The van der Waals surface area contributed by atoms with Gasteiger partial charge in [0.1, 0.15) is 5.78 Å². The first-order chi connectivity index (χ1) is 12.5. The first kappa shape index (κ1) is 20.0. The van der Waals surface area contributed by atoms with Gasteiger partial charge in [0, 0.05) is 24.9 Å². The fraction of sp³-hybridized carbons (Fsp3) is 0.864. The van der Waals surface area contributed by atoms with Gasteiger partial charge >= 0.3 is 0 Å². The number of ketones is 1. The van der Waals surface area contributed by atoms with Crippen LogP contribution in [0.15, 0.2) is 12.2 Å². The Hall–Kier alpha value is -0.710. The molecule has 0 saturated heterocycles. The molecule has 4 heteroatoms. The van der Waals surface area contributed by atoms with Gasteiger partial charge in [-0.05, 0) is 49.9 Å². The molecule has 0 heterocycles. The van der Waals surface area contributed by atoms with Gasteiger partial charge in [-0.3, -0.25) is 4.79 Å². The van der Waals surface area contributed by atoms with E-state index in [9.17, 15) is 15.0 Å². The molecule has 0 aromatic heterocycles. The third-order valence-corrected chi connectivity index (χ3v) is 7.22. The molecule has 4 atom stereocenters. The number of hydrogen-bond donors (Lipinski definition) is 3. The van der Waals surface area contributed by atoms with Crippen molar-refractivity contribution in [1.29, 1.82) is 0 Å². The predicted molar refractivity (Wildman–Crippen MR) is 102 cm³/mol. The monoisotopic (exact) mass is 364 g/mol. The number of aliphatic hydroxyl groups is 3. The second-order valence-corrected chi connectivity index (χ2v) is 9.10. The zero-order valence-corrected chi connectivity index (χ0v) is 16.0. The molecular weight excluding hydrogens is 328 g/mol. The molecule has 26 heavy (non-hydrogen) atoms. The molecule has 0 aliphatic heterocycles. The molecule has 0 aromatic rings. The summed E-state index contributed by atoms with van der Waals surface area (Å²) in [6.45, 7) is 0.255. The van der Waals surface area contributed by atoms with E-state index in [1.807, 2.05) is 12.2 Å². The van der Waals surface area contributed by atoms with Crippen LogP contribution in [0.4, 0.5) is 0 Å². The van der Waals surface area contributed by atoms with Crippen LogP contribution in [0.1, 0.15) is 77.0 Å². The fourth-order valence-electron chi connectivity index (χ4n) is 5.38. The summed E-state index contributed by atoms with van der Waals surface area (Å²) in [6.07, 6.45) is 15.2. The van der Waals surface area contributed by atoms with Crippen molar-refractivity contribution >= 4 is 5.78 Å². The van der Waals surface area contributed by atoms with Crippen LogP contribution >= 0.6 is 0 Å². The van der Waals surface area contributed by atoms with Crippen molar-refractivity contribution in [2.24, 2.45) is 23.2 Å². The van der Waals surface area contributed by atoms with Gasteiger partial charge in [-0.15, -0.1) is 0 Å². The molecule has 3 saturated carbocycles. The average molecular weight is 365 g/mol. The molecular formula is C22H36O4. The van der Waals surface area contributed by atoms with Gasteiger partial charge in [-0.25, -0.2) is 0 Å². The van der Waals surface area contributed by atoms with Crippen molar-refractivity contribution < 1.29 is 20.1 Å². The van der Waals surface area contributed by atoms with Crippen LogP contribution < -0.4 is 0 Å². The van der Waals surface area contributed by atoms with E-state index >= 15 is 0 Å². The topological polar surface area (TPSA) is 77.8 Å². The van der Waals surface area contributed by atoms with Gasteiger partial charge in [0.05, 0.1) is 12.2 Å². The Morgan fingerprint density at radius 1 is 1.12 bits per heavy atom. The number of carbonyl (C=O) groups excluding carboxylic acids is 1. The molecule has 3 aliphatic carbocycles. The molecule has 0 bridgehead atoms. The van der Waals surface area contributed by atoms with E-state index in [-0.39, 0.29) is 30.6 Å². The highest BCUT2D eigenvalue weighted by molar-refractivity contribution is 5.84. The quantitative estimate of drug-likeness (QED) is 0.410. The van der Waals surface area contributed by atoms with Crippen LogP contribution in [0.2, 0.25) is 0 Å². The number of unbranched alkanes of at least 4 members (excludes halogenated alkanes) is 4.